The van der Waals surface area contributed by atoms with Crippen LogP contribution in [0, 0.1) is 0 Å². The summed E-state index contributed by atoms with van der Waals surface area (Å²) in [5, 5.41) is 7.24. The summed E-state index contributed by atoms with van der Waals surface area (Å²) in [6.45, 7) is 8.21. The maximum atomic E-state index is 4.58. The van der Waals surface area contributed by atoms with Gasteiger partial charge in [0.05, 0.1) is 5.54 Å². The SMILES string of the molecule is CC(C)(c1nccs1)N1CCCNC2(CCCCC2)C1. The molecule has 0 bridgehead atoms. The summed E-state index contributed by atoms with van der Waals surface area (Å²) < 4.78 is 0. The van der Waals surface area contributed by atoms with Crippen LogP contribution in [-0.2, 0) is 5.54 Å². The summed E-state index contributed by atoms with van der Waals surface area (Å²) >= 11 is 1.79. The van der Waals surface area contributed by atoms with Gasteiger partial charge in [-0.15, -0.1) is 11.3 Å². The van der Waals surface area contributed by atoms with Gasteiger partial charge in [0.1, 0.15) is 5.01 Å². The summed E-state index contributed by atoms with van der Waals surface area (Å²) in [5.41, 5.74) is 0.425. The van der Waals surface area contributed by atoms with Crippen LogP contribution < -0.4 is 5.32 Å². The van der Waals surface area contributed by atoms with Crippen molar-refractivity contribution in [3.8, 4) is 0 Å². The molecule has 3 nitrogen and oxygen atoms in total. The van der Waals surface area contributed by atoms with E-state index in [-0.39, 0.29) is 5.54 Å². The lowest BCUT2D eigenvalue weighted by Gasteiger charge is -2.44. The molecule has 0 unspecified atom stereocenters. The molecule has 4 heteroatoms. The molecule has 1 N–H and O–H groups in total. The molecule has 2 heterocycles. The van der Waals surface area contributed by atoms with Crippen LogP contribution in [0.5, 0.6) is 0 Å². The molecule has 20 heavy (non-hydrogen) atoms. The van der Waals surface area contributed by atoms with E-state index in [1.54, 1.807) is 11.3 Å². The number of hydrogen-bond acceptors (Lipinski definition) is 4. The molecule has 3 rings (SSSR count). The normalized spacial score (nSPS) is 24.7. The van der Waals surface area contributed by atoms with Gasteiger partial charge in [-0.2, -0.15) is 0 Å². The van der Waals surface area contributed by atoms with Crippen molar-refractivity contribution in [2.45, 2.75) is 63.5 Å². The van der Waals surface area contributed by atoms with E-state index in [2.05, 4.69) is 34.4 Å². The van der Waals surface area contributed by atoms with Crippen LogP contribution in [0.1, 0.15) is 57.4 Å². The molecular weight excluding hydrogens is 266 g/mol. The van der Waals surface area contributed by atoms with Crippen molar-refractivity contribution >= 4 is 11.3 Å². The maximum absolute atomic E-state index is 4.58. The third-order valence-electron chi connectivity index (χ3n) is 5.16. The first-order valence-corrected chi connectivity index (χ1v) is 8.90. The molecule has 1 spiro atoms. The molecule has 2 fully saturated rings. The highest BCUT2D eigenvalue weighted by Crippen LogP contribution is 2.36. The molecule has 1 aromatic rings. The van der Waals surface area contributed by atoms with Gasteiger partial charge in [-0.25, -0.2) is 4.98 Å². The molecule has 1 saturated carbocycles. The van der Waals surface area contributed by atoms with E-state index in [9.17, 15) is 0 Å². The first-order valence-electron chi connectivity index (χ1n) is 8.03. The van der Waals surface area contributed by atoms with Crippen molar-refractivity contribution in [1.82, 2.24) is 15.2 Å². The highest BCUT2D eigenvalue weighted by atomic mass is 32.1. The van der Waals surface area contributed by atoms with Gasteiger partial charge in [0.15, 0.2) is 0 Å². The van der Waals surface area contributed by atoms with E-state index in [1.165, 1.54) is 63.2 Å². The zero-order valence-electron chi connectivity index (χ0n) is 12.8. The van der Waals surface area contributed by atoms with Crippen molar-refractivity contribution < 1.29 is 0 Å². The zero-order chi connectivity index (χ0) is 14.1. The van der Waals surface area contributed by atoms with Gasteiger partial charge in [-0.05, 0) is 39.7 Å². The second-order valence-corrected chi connectivity index (χ2v) is 7.83. The third kappa shape index (κ3) is 2.78. The molecule has 0 radical (unpaired) electrons. The number of aromatic nitrogens is 1. The summed E-state index contributed by atoms with van der Waals surface area (Å²) in [6.07, 6.45) is 10.1. The summed E-state index contributed by atoms with van der Waals surface area (Å²) in [7, 11) is 0. The number of nitrogens with one attached hydrogen (secondary N) is 1. The lowest BCUT2D eigenvalue weighted by atomic mass is 9.80. The van der Waals surface area contributed by atoms with Crippen LogP contribution in [-0.4, -0.2) is 35.1 Å². The Bertz CT molecular complexity index is 421. The lowest BCUT2D eigenvalue weighted by molar-refractivity contribution is 0.0765. The number of rotatable bonds is 2. The second kappa shape index (κ2) is 5.74. The van der Waals surface area contributed by atoms with Gasteiger partial charge in [0, 0.05) is 30.2 Å². The number of hydrogen-bond donors (Lipinski definition) is 1. The molecule has 1 aliphatic heterocycles. The Morgan fingerprint density at radius 3 is 2.75 bits per heavy atom. The highest BCUT2D eigenvalue weighted by molar-refractivity contribution is 7.09. The van der Waals surface area contributed by atoms with Crippen LogP contribution in [0.15, 0.2) is 11.6 Å². The first kappa shape index (κ1) is 14.5. The van der Waals surface area contributed by atoms with Crippen LogP contribution in [0.2, 0.25) is 0 Å². The largest absolute Gasteiger partial charge is 0.310 e. The summed E-state index contributed by atoms with van der Waals surface area (Å²) in [4.78, 5) is 7.26. The van der Waals surface area contributed by atoms with Gasteiger partial charge in [0.25, 0.3) is 0 Å². The van der Waals surface area contributed by atoms with E-state index in [0.717, 1.165) is 0 Å². The Morgan fingerprint density at radius 2 is 2.05 bits per heavy atom. The summed E-state index contributed by atoms with van der Waals surface area (Å²) in [6, 6.07) is 0. The van der Waals surface area contributed by atoms with Crippen LogP contribution in [0.4, 0.5) is 0 Å². The van der Waals surface area contributed by atoms with Gasteiger partial charge < -0.3 is 5.32 Å². The highest BCUT2D eigenvalue weighted by Gasteiger charge is 2.40. The standard InChI is InChI=1S/C16H27N3S/c1-15(2,14-17-10-12-20-14)19-11-6-9-18-16(13-19)7-4-3-5-8-16/h10,12,18H,3-9,11,13H2,1-2H3. The smallest absolute Gasteiger partial charge is 0.112 e. The second-order valence-electron chi connectivity index (χ2n) is 6.94. The Kier molecular flexibility index (Phi) is 4.16. The zero-order valence-corrected chi connectivity index (χ0v) is 13.6. The minimum Gasteiger partial charge on any atom is -0.310 e. The topological polar surface area (TPSA) is 28.2 Å². The molecule has 1 aliphatic carbocycles. The van der Waals surface area contributed by atoms with Gasteiger partial charge in [-0.3, -0.25) is 4.90 Å². The van der Waals surface area contributed by atoms with Crippen molar-refractivity contribution in [2.24, 2.45) is 0 Å². The predicted octanol–water partition coefficient (Wildman–Crippen LogP) is 3.38. The fourth-order valence-electron chi connectivity index (χ4n) is 3.83. The van der Waals surface area contributed by atoms with E-state index < -0.39 is 0 Å². The fraction of sp³-hybridized carbons (Fsp3) is 0.812. The third-order valence-corrected chi connectivity index (χ3v) is 6.24. The van der Waals surface area contributed by atoms with Gasteiger partial charge in [0.2, 0.25) is 0 Å². The average molecular weight is 293 g/mol. The molecule has 0 amide bonds. The lowest BCUT2D eigenvalue weighted by Crippen LogP contribution is -2.55. The Hall–Kier alpha value is -0.450. The van der Waals surface area contributed by atoms with Crippen LogP contribution >= 0.6 is 11.3 Å². The Balaban J connectivity index is 1.81. The molecule has 2 aliphatic rings. The van der Waals surface area contributed by atoms with E-state index in [0.29, 0.717) is 5.54 Å². The fourth-order valence-corrected chi connectivity index (χ4v) is 4.62. The van der Waals surface area contributed by atoms with Crippen LogP contribution in [0.25, 0.3) is 0 Å². The molecule has 0 aromatic carbocycles. The molecule has 1 saturated heterocycles. The quantitative estimate of drug-likeness (QED) is 0.906. The molecular formula is C16H27N3S. The monoisotopic (exact) mass is 293 g/mol. The molecule has 0 atom stereocenters. The van der Waals surface area contributed by atoms with Crippen LogP contribution in [0.3, 0.4) is 0 Å². The first-order chi connectivity index (χ1) is 9.62. The number of nitrogens with zero attached hydrogens (tertiary/aromatic N) is 2. The van der Waals surface area contributed by atoms with Gasteiger partial charge in [-0.1, -0.05) is 19.3 Å². The Labute approximate surface area is 126 Å². The van der Waals surface area contributed by atoms with E-state index in [4.69, 9.17) is 0 Å². The van der Waals surface area contributed by atoms with Crippen molar-refractivity contribution in [3.63, 3.8) is 0 Å². The predicted molar refractivity (Wildman–Crippen MR) is 85.1 cm³/mol. The van der Waals surface area contributed by atoms with Crippen molar-refractivity contribution in [1.29, 1.82) is 0 Å². The molecule has 112 valence electrons. The minimum absolute atomic E-state index is 0.0602. The van der Waals surface area contributed by atoms with E-state index in [1.807, 2.05) is 6.20 Å². The average Bonchev–Trinajstić information content (AvgIpc) is 2.91. The minimum atomic E-state index is 0.0602. The van der Waals surface area contributed by atoms with Gasteiger partial charge >= 0.3 is 0 Å². The summed E-state index contributed by atoms with van der Waals surface area (Å²) in [5.74, 6) is 0. The van der Waals surface area contributed by atoms with Crippen molar-refractivity contribution in [2.75, 3.05) is 19.6 Å². The number of thiazole rings is 1. The Morgan fingerprint density at radius 1 is 1.25 bits per heavy atom. The maximum Gasteiger partial charge on any atom is 0.112 e. The molecule has 1 aromatic heterocycles. The van der Waals surface area contributed by atoms with E-state index >= 15 is 0 Å². The van der Waals surface area contributed by atoms with Crippen molar-refractivity contribution in [3.05, 3.63) is 16.6 Å².